The lowest BCUT2D eigenvalue weighted by atomic mass is 9.48. The lowest BCUT2D eigenvalue weighted by Gasteiger charge is -2.56. The molecule has 4 nitrogen and oxygen atoms in total. The molecule has 3 aliphatic rings. The van der Waals surface area contributed by atoms with Crippen molar-refractivity contribution in [1.29, 1.82) is 0 Å². The van der Waals surface area contributed by atoms with Crippen LogP contribution in [-0.2, 0) is 14.3 Å². The Morgan fingerprint density at radius 1 is 1.39 bits per heavy atom. The quantitative estimate of drug-likeness (QED) is 0.641. The Labute approximate surface area is 139 Å². The van der Waals surface area contributed by atoms with E-state index in [1.807, 2.05) is 0 Å². The van der Waals surface area contributed by atoms with E-state index in [0.717, 1.165) is 18.4 Å². The first-order valence-corrected chi connectivity index (χ1v) is 8.84. The lowest BCUT2D eigenvalue weighted by Crippen LogP contribution is -2.51. The summed E-state index contributed by atoms with van der Waals surface area (Å²) in [5, 5.41) is 9.90. The number of aliphatic hydroxyl groups excluding tert-OH is 1. The zero-order valence-corrected chi connectivity index (χ0v) is 15.0. The number of esters is 1. The fraction of sp³-hybridized carbons (Fsp3) is 0.842. The zero-order valence-electron chi connectivity index (χ0n) is 15.0. The number of methoxy groups -OCH3 is 1. The van der Waals surface area contributed by atoms with E-state index < -0.39 is 6.10 Å². The van der Waals surface area contributed by atoms with Gasteiger partial charge in [0.15, 0.2) is 0 Å². The van der Waals surface area contributed by atoms with E-state index in [4.69, 9.17) is 9.47 Å². The first kappa shape index (κ1) is 17.0. The van der Waals surface area contributed by atoms with Crippen molar-refractivity contribution in [3.8, 4) is 0 Å². The Bertz CT molecular complexity index is 521. The van der Waals surface area contributed by atoms with Crippen molar-refractivity contribution < 1.29 is 19.4 Å². The van der Waals surface area contributed by atoms with Gasteiger partial charge in [-0.15, -0.1) is 0 Å². The molecule has 0 aromatic carbocycles. The highest BCUT2D eigenvalue weighted by Gasteiger charge is 2.61. The van der Waals surface area contributed by atoms with Crippen molar-refractivity contribution >= 4 is 5.97 Å². The van der Waals surface area contributed by atoms with Gasteiger partial charge in [0, 0.05) is 11.5 Å². The number of fused-ring (bicyclic) bond motifs is 1. The largest absolute Gasteiger partial charge is 0.466 e. The third-order valence-corrected chi connectivity index (χ3v) is 6.68. The zero-order chi connectivity index (χ0) is 17.0. The van der Waals surface area contributed by atoms with Gasteiger partial charge in [-0.25, -0.2) is 4.79 Å². The van der Waals surface area contributed by atoms with Gasteiger partial charge >= 0.3 is 5.97 Å². The fourth-order valence-corrected chi connectivity index (χ4v) is 5.53. The molecule has 3 rings (SSSR count). The maximum Gasteiger partial charge on any atom is 0.333 e. The second kappa shape index (κ2) is 5.59. The van der Waals surface area contributed by atoms with Crippen LogP contribution < -0.4 is 0 Å². The molecule has 2 aliphatic carbocycles. The summed E-state index contributed by atoms with van der Waals surface area (Å²) in [6.07, 6.45) is 5.79. The molecule has 4 heteroatoms. The Hall–Kier alpha value is -0.870. The van der Waals surface area contributed by atoms with E-state index in [2.05, 4.69) is 26.8 Å². The predicted octanol–water partition coefficient (Wildman–Crippen LogP) is 3.09. The van der Waals surface area contributed by atoms with Crippen LogP contribution in [0.15, 0.2) is 11.6 Å². The first-order chi connectivity index (χ1) is 10.7. The Kier molecular flexibility index (Phi) is 4.13. The van der Waals surface area contributed by atoms with Gasteiger partial charge in [-0.3, -0.25) is 0 Å². The summed E-state index contributed by atoms with van der Waals surface area (Å²) < 4.78 is 10.9. The van der Waals surface area contributed by atoms with E-state index >= 15 is 0 Å². The summed E-state index contributed by atoms with van der Waals surface area (Å²) in [5.74, 6) is 0.312. The predicted molar refractivity (Wildman–Crippen MR) is 87.8 cm³/mol. The topological polar surface area (TPSA) is 59.1 Å². The molecular weight excluding hydrogens is 292 g/mol. The van der Waals surface area contributed by atoms with Crippen LogP contribution in [0.5, 0.6) is 0 Å². The van der Waals surface area contributed by atoms with Crippen LogP contribution in [0.2, 0.25) is 0 Å². The molecule has 1 saturated heterocycles. The second-order valence-corrected chi connectivity index (χ2v) is 8.57. The molecule has 0 radical (unpaired) electrons. The van der Waals surface area contributed by atoms with Gasteiger partial charge in [-0.1, -0.05) is 33.3 Å². The van der Waals surface area contributed by atoms with Gasteiger partial charge in [0.05, 0.1) is 19.3 Å². The van der Waals surface area contributed by atoms with Gasteiger partial charge in [0.2, 0.25) is 0 Å². The summed E-state index contributed by atoms with van der Waals surface area (Å²) >= 11 is 0. The van der Waals surface area contributed by atoms with Gasteiger partial charge < -0.3 is 14.6 Å². The molecule has 0 aromatic heterocycles. The molecule has 6 atom stereocenters. The molecule has 1 heterocycles. The number of rotatable bonds is 3. The van der Waals surface area contributed by atoms with Crippen molar-refractivity contribution in [2.75, 3.05) is 7.11 Å². The second-order valence-electron chi connectivity index (χ2n) is 8.57. The highest BCUT2D eigenvalue weighted by Crippen LogP contribution is 2.62. The van der Waals surface area contributed by atoms with Crippen LogP contribution in [0.4, 0.5) is 0 Å². The monoisotopic (exact) mass is 322 g/mol. The highest BCUT2D eigenvalue weighted by atomic mass is 16.6. The molecule has 0 spiro atoms. The van der Waals surface area contributed by atoms with Gasteiger partial charge in [0.25, 0.3) is 0 Å². The normalized spacial score (nSPS) is 43.1. The molecule has 1 N–H and O–H groups in total. The van der Waals surface area contributed by atoms with Gasteiger partial charge in [-0.2, -0.15) is 0 Å². The average molecular weight is 322 g/mol. The van der Waals surface area contributed by atoms with E-state index in [1.165, 1.54) is 20.0 Å². The molecule has 0 aromatic rings. The number of allylic oxidation sites excluding steroid dienone is 1. The van der Waals surface area contributed by atoms with Gasteiger partial charge in [-0.05, 0) is 42.9 Å². The highest BCUT2D eigenvalue weighted by molar-refractivity contribution is 5.89. The van der Waals surface area contributed by atoms with E-state index in [0.29, 0.717) is 5.92 Å². The number of carbonyl (C=O) groups is 1. The smallest absolute Gasteiger partial charge is 0.333 e. The van der Waals surface area contributed by atoms with Crippen LogP contribution >= 0.6 is 0 Å². The number of aliphatic hydroxyl groups is 1. The van der Waals surface area contributed by atoms with Crippen molar-refractivity contribution in [3.05, 3.63) is 11.6 Å². The van der Waals surface area contributed by atoms with Crippen LogP contribution in [0.25, 0.3) is 0 Å². The van der Waals surface area contributed by atoms with Crippen LogP contribution in [0, 0.1) is 22.7 Å². The Morgan fingerprint density at radius 3 is 2.65 bits per heavy atom. The molecule has 1 unspecified atom stereocenters. The van der Waals surface area contributed by atoms with Crippen molar-refractivity contribution in [2.24, 2.45) is 22.7 Å². The number of carbonyl (C=O) groups excluding carboxylic acids is 1. The number of hydrogen-bond acceptors (Lipinski definition) is 4. The molecule has 0 bridgehead atoms. The van der Waals surface area contributed by atoms with Crippen LogP contribution in [0.3, 0.4) is 0 Å². The molecule has 130 valence electrons. The standard InChI is InChI=1S/C19H30O4/c1-11(20)15-16(23-15)14-12(17(21)22-5)7-8-13-18(2,3)9-6-10-19(13,14)4/h7,11,13-16,20H,6,8-10H2,1-5H3/t11?,13-,14+,15+,16+,19-/m0/s1. The molecule has 1 aliphatic heterocycles. The fourth-order valence-electron chi connectivity index (χ4n) is 5.53. The maximum atomic E-state index is 12.4. The van der Waals surface area contributed by atoms with E-state index in [1.54, 1.807) is 6.92 Å². The van der Waals surface area contributed by atoms with Crippen molar-refractivity contribution in [1.82, 2.24) is 0 Å². The van der Waals surface area contributed by atoms with E-state index in [9.17, 15) is 9.90 Å². The Morgan fingerprint density at radius 2 is 2.09 bits per heavy atom. The average Bonchev–Trinajstić information content (AvgIpc) is 3.24. The summed E-state index contributed by atoms with van der Waals surface area (Å²) in [6, 6.07) is 0. The Balaban J connectivity index is 2.00. The first-order valence-electron chi connectivity index (χ1n) is 8.84. The molecule has 1 saturated carbocycles. The minimum atomic E-state index is -0.500. The maximum absolute atomic E-state index is 12.4. The molecule has 23 heavy (non-hydrogen) atoms. The summed E-state index contributed by atoms with van der Waals surface area (Å²) in [4.78, 5) is 12.4. The van der Waals surface area contributed by atoms with Crippen molar-refractivity contribution in [3.63, 3.8) is 0 Å². The van der Waals surface area contributed by atoms with Crippen molar-refractivity contribution in [2.45, 2.75) is 71.7 Å². The van der Waals surface area contributed by atoms with Crippen LogP contribution in [-0.4, -0.2) is 36.5 Å². The van der Waals surface area contributed by atoms with Gasteiger partial charge in [0.1, 0.15) is 6.10 Å². The molecule has 2 fully saturated rings. The minimum absolute atomic E-state index is 0.0212. The minimum Gasteiger partial charge on any atom is -0.466 e. The van der Waals surface area contributed by atoms with Crippen LogP contribution in [0.1, 0.15) is 53.4 Å². The summed E-state index contributed by atoms with van der Waals surface area (Å²) in [7, 11) is 1.44. The number of ether oxygens (including phenoxy) is 2. The lowest BCUT2D eigenvalue weighted by molar-refractivity contribution is -0.139. The van der Waals surface area contributed by atoms with E-state index in [-0.39, 0.29) is 34.9 Å². The SMILES string of the molecule is COC(=O)C1=CC[C@H]2C(C)(C)CCC[C@]2(C)[C@H]1[C@H]1O[C@@H]1C(C)O. The third-order valence-electron chi connectivity index (χ3n) is 6.68. The molecular formula is C19H30O4. The summed E-state index contributed by atoms with van der Waals surface area (Å²) in [6.45, 7) is 8.78. The molecule has 0 amide bonds. The summed E-state index contributed by atoms with van der Waals surface area (Å²) in [5.41, 5.74) is 1.05. The number of hydrogen-bond donors (Lipinski definition) is 1. The third kappa shape index (κ3) is 2.64. The number of epoxide rings is 1.